The minimum atomic E-state index is -5.08. The van der Waals surface area contributed by atoms with Crippen LogP contribution >= 0.6 is 0 Å². The molecule has 2 aliphatic heterocycles. The molecule has 4 N–H and O–H groups in total. The van der Waals surface area contributed by atoms with Crippen molar-refractivity contribution in [2.75, 3.05) is 41.3 Å². The van der Waals surface area contributed by atoms with Crippen LogP contribution in [0.1, 0.15) is 12.8 Å². The number of rotatable bonds is 4. The van der Waals surface area contributed by atoms with Gasteiger partial charge >= 0.3 is 12.1 Å². The molecule has 2 fully saturated rings. The molecule has 1 amide bonds. The molecule has 2 aliphatic rings. The fraction of sp³-hybridized carbons (Fsp3) is 0.400. The van der Waals surface area contributed by atoms with E-state index in [1.807, 2.05) is 18.2 Å². The lowest BCUT2D eigenvalue weighted by atomic mass is 10.1. The van der Waals surface area contributed by atoms with Gasteiger partial charge in [-0.2, -0.15) is 13.2 Å². The second kappa shape index (κ2) is 9.39. The molecule has 0 bridgehead atoms. The van der Waals surface area contributed by atoms with Gasteiger partial charge in [-0.15, -0.1) is 10.2 Å². The van der Waals surface area contributed by atoms with E-state index in [9.17, 15) is 18.0 Å². The van der Waals surface area contributed by atoms with Gasteiger partial charge in [0.1, 0.15) is 0 Å². The van der Waals surface area contributed by atoms with Gasteiger partial charge in [0.05, 0.1) is 0 Å². The number of nitrogens with zero attached hydrogens (tertiary/aromatic N) is 4. The molecule has 2 saturated heterocycles. The van der Waals surface area contributed by atoms with Gasteiger partial charge in [0.15, 0.2) is 11.6 Å². The molecule has 0 saturated carbocycles. The number of nitrogens with one attached hydrogen (secondary N) is 1. The number of benzene rings is 1. The molecule has 32 heavy (non-hydrogen) atoms. The van der Waals surface area contributed by atoms with Crippen molar-refractivity contribution in [2.24, 2.45) is 5.73 Å². The van der Waals surface area contributed by atoms with Crippen LogP contribution in [0.2, 0.25) is 0 Å². The Bertz CT molecular complexity index is 1030. The van der Waals surface area contributed by atoms with Gasteiger partial charge < -0.3 is 26.0 Å². The fourth-order valence-corrected chi connectivity index (χ4v) is 3.37. The number of carbonyl (C=O) groups is 2. The molecule has 4 rings (SSSR count). The highest BCUT2D eigenvalue weighted by molar-refractivity contribution is 6.04. The topological polar surface area (TPSA) is 125 Å². The third-order valence-electron chi connectivity index (χ3n) is 5.12. The Balaban J connectivity index is 0.000000360. The van der Waals surface area contributed by atoms with Gasteiger partial charge in [0.25, 0.3) is 0 Å². The molecule has 0 spiro atoms. The van der Waals surface area contributed by atoms with Crippen LogP contribution in [0.4, 0.5) is 30.5 Å². The van der Waals surface area contributed by atoms with Gasteiger partial charge in [0.2, 0.25) is 5.91 Å². The van der Waals surface area contributed by atoms with Crippen molar-refractivity contribution in [1.82, 2.24) is 10.2 Å². The van der Waals surface area contributed by atoms with Crippen LogP contribution in [-0.2, 0) is 9.59 Å². The second-order valence-corrected chi connectivity index (χ2v) is 7.44. The number of halogens is 3. The monoisotopic (exact) mass is 452 g/mol. The number of carboxylic acid groups (broad SMARTS) is 1. The first-order chi connectivity index (χ1) is 15.1. The molecular formula is C20H23F3N6O3. The van der Waals surface area contributed by atoms with Gasteiger partial charge in [-0.25, -0.2) is 4.79 Å². The Hall–Kier alpha value is -3.41. The molecule has 1 aromatic heterocycles. The smallest absolute Gasteiger partial charge is 0.475 e. The van der Waals surface area contributed by atoms with E-state index in [-0.39, 0.29) is 11.9 Å². The number of amides is 1. The lowest BCUT2D eigenvalue weighted by Crippen LogP contribution is -2.38. The minimum Gasteiger partial charge on any atom is -0.475 e. The predicted molar refractivity (Wildman–Crippen MR) is 114 cm³/mol. The summed E-state index contributed by atoms with van der Waals surface area (Å²) in [4.78, 5) is 24.9. The average Bonchev–Trinajstić information content (AvgIpc) is 3.12. The summed E-state index contributed by atoms with van der Waals surface area (Å²) in [7, 11) is 0. The van der Waals surface area contributed by atoms with E-state index in [2.05, 4.69) is 31.9 Å². The van der Waals surface area contributed by atoms with E-state index in [0.29, 0.717) is 0 Å². The zero-order valence-electron chi connectivity index (χ0n) is 17.1. The van der Waals surface area contributed by atoms with Crippen LogP contribution in [0.25, 0.3) is 10.8 Å². The van der Waals surface area contributed by atoms with Crippen molar-refractivity contribution in [2.45, 2.75) is 25.1 Å². The summed E-state index contributed by atoms with van der Waals surface area (Å²) in [6, 6.07) is 6.05. The fourth-order valence-electron chi connectivity index (χ4n) is 3.37. The SMILES string of the molecule is C=CC(=O)Nc1ccc2c(N3CCC(N)C3)nnc(N3CCC3)c2c1.O=C(O)C(F)(F)F. The maximum atomic E-state index is 11.6. The van der Waals surface area contributed by atoms with Gasteiger partial charge in [0, 0.05) is 48.7 Å². The van der Waals surface area contributed by atoms with Crippen molar-refractivity contribution in [3.63, 3.8) is 0 Å². The van der Waals surface area contributed by atoms with Crippen LogP contribution in [0.5, 0.6) is 0 Å². The number of anilines is 3. The first-order valence-corrected chi connectivity index (χ1v) is 9.89. The number of carboxylic acids is 1. The Morgan fingerprint density at radius 2 is 1.78 bits per heavy atom. The summed E-state index contributed by atoms with van der Waals surface area (Å²) in [6.07, 6.45) is -1.69. The first kappa shape index (κ1) is 23.3. The van der Waals surface area contributed by atoms with Crippen LogP contribution < -0.4 is 20.9 Å². The third-order valence-corrected chi connectivity index (χ3v) is 5.12. The van der Waals surface area contributed by atoms with E-state index in [4.69, 9.17) is 15.6 Å². The lowest BCUT2D eigenvalue weighted by molar-refractivity contribution is -0.192. The number of alkyl halides is 3. The Morgan fingerprint density at radius 3 is 2.25 bits per heavy atom. The van der Waals surface area contributed by atoms with Crippen molar-refractivity contribution in [3.8, 4) is 0 Å². The number of hydrogen-bond acceptors (Lipinski definition) is 7. The van der Waals surface area contributed by atoms with Gasteiger partial charge in [-0.1, -0.05) is 6.58 Å². The predicted octanol–water partition coefficient (Wildman–Crippen LogP) is 2.14. The normalized spacial score (nSPS) is 17.9. The van der Waals surface area contributed by atoms with E-state index in [0.717, 1.165) is 60.7 Å². The number of aromatic nitrogens is 2. The summed E-state index contributed by atoms with van der Waals surface area (Å²) in [5, 5.41) is 21.0. The Morgan fingerprint density at radius 1 is 1.16 bits per heavy atom. The van der Waals surface area contributed by atoms with E-state index < -0.39 is 12.1 Å². The van der Waals surface area contributed by atoms with Crippen molar-refractivity contribution in [1.29, 1.82) is 0 Å². The molecule has 0 radical (unpaired) electrons. The summed E-state index contributed by atoms with van der Waals surface area (Å²) >= 11 is 0. The average molecular weight is 452 g/mol. The summed E-state index contributed by atoms with van der Waals surface area (Å²) in [5.74, 6) is -1.23. The molecule has 1 atom stereocenters. The standard InChI is InChI=1S/C18H22N6O.C2HF3O2/c1-2-16(25)20-13-4-5-14-15(10-13)18(23-7-3-8-23)22-21-17(14)24-9-6-12(19)11-24;3-2(4,5)1(6)7/h2,4-5,10,12H,1,3,6-9,11,19H2,(H,20,25);(H,6,7). The van der Waals surface area contributed by atoms with Crippen LogP contribution in [0, 0.1) is 0 Å². The zero-order valence-corrected chi connectivity index (χ0v) is 17.1. The zero-order chi connectivity index (χ0) is 23.5. The molecule has 3 heterocycles. The Labute approximate surface area is 181 Å². The number of aliphatic carboxylic acids is 1. The maximum absolute atomic E-state index is 11.6. The quantitative estimate of drug-likeness (QED) is 0.603. The second-order valence-electron chi connectivity index (χ2n) is 7.44. The largest absolute Gasteiger partial charge is 0.490 e. The Kier molecular flexibility index (Phi) is 6.82. The summed E-state index contributed by atoms with van der Waals surface area (Å²) in [5.41, 5.74) is 6.79. The number of fused-ring (bicyclic) bond motifs is 1. The highest BCUT2D eigenvalue weighted by atomic mass is 19.4. The molecule has 1 unspecified atom stereocenters. The van der Waals surface area contributed by atoms with Crippen molar-refractivity contribution < 1.29 is 27.9 Å². The molecule has 1 aromatic carbocycles. The number of hydrogen-bond donors (Lipinski definition) is 3. The van der Waals surface area contributed by atoms with E-state index in [1.165, 1.54) is 12.5 Å². The van der Waals surface area contributed by atoms with Crippen molar-refractivity contribution >= 4 is 40.0 Å². The molecule has 0 aliphatic carbocycles. The lowest BCUT2D eigenvalue weighted by Gasteiger charge is -2.33. The van der Waals surface area contributed by atoms with Crippen LogP contribution in [-0.4, -0.2) is 65.6 Å². The number of nitrogens with two attached hydrogens (primary N) is 1. The first-order valence-electron chi connectivity index (χ1n) is 9.89. The molecule has 9 nitrogen and oxygen atoms in total. The van der Waals surface area contributed by atoms with Gasteiger partial charge in [-0.05, 0) is 37.1 Å². The van der Waals surface area contributed by atoms with E-state index in [1.54, 1.807) is 0 Å². The van der Waals surface area contributed by atoms with Gasteiger partial charge in [-0.3, -0.25) is 4.79 Å². The molecule has 12 heteroatoms. The number of carbonyl (C=O) groups excluding carboxylic acids is 1. The highest BCUT2D eigenvalue weighted by Gasteiger charge is 2.38. The van der Waals surface area contributed by atoms with Crippen molar-refractivity contribution in [3.05, 3.63) is 30.9 Å². The molecule has 2 aromatic rings. The third kappa shape index (κ3) is 5.25. The maximum Gasteiger partial charge on any atom is 0.490 e. The summed E-state index contributed by atoms with van der Waals surface area (Å²) < 4.78 is 31.7. The molecule has 172 valence electrons. The van der Waals surface area contributed by atoms with Crippen LogP contribution in [0.15, 0.2) is 30.9 Å². The van der Waals surface area contributed by atoms with E-state index >= 15 is 0 Å². The van der Waals surface area contributed by atoms with Crippen LogP contribution in [0.3, 0.4) is 0 Å². The minimum absolute atomic E-state index is 0.179. The molecular weight excluding hydrogens is 429 g/mol. The highest BCUT2D eigenvalue weighted by Crippen LogP contribution is 2.35. The summed E-state index contributed by atoms with van der Waals surface area (Å²) in [6.45, 7) is 7.16.